The van der Waals surface area contributed by atoms with Gasteiger partial charge in [0.2, 0.25) is 15.9 Å². The number of piperidine rings is 1. The van der Waals surface area contributed by atoms with Gasteiger partial charge >= 0.3 is 0 Å². The minimum absolute atomic E-state index is 0.0445. The van der Waals surface area contributed by atoms with Crippen LogP contribution in [0.2, 0.25) is 0 Å². The summed E-state index contributed by atoms with van der Waals surface area (Å²) in [7, 11) is -3.94. The lowest BCUT2D eigenvalue weighted by Gasteiger charge is -2.32. The second kappa shape index (κ2) is 9.61. The quantitative estimate of drug-likeness (QED) is 0.716. The number of rotatable bonds is 7. The third kappa shape index (κ3) is 5.40. The van der Waals surface area contributed by atoms with Crippen LogP contribution in [-0.4, -0.2) is 31.7 Å². The lowest BCUT2D eigenvalue weighted by Crippen LogP contribution is -2.40. The molecule has 5 nitrogen and oxygen atoms in total. The molecular formula is C21H23F3N2O3S. The summed E-state index contributed by atoms with van der Waals surface area (Å²) in [6, 6.07) is 8.30. The van der Waals surface area contributed by atoms with Crippen LogP contribution in [0.3, 0.4) is 0 Å². The average Bonchev–Trinajstić information content (AvgIpc) is 2.73. The molecule has 1 aliphatic heterocycles. The molecule has 1 amide bonds. The van der Waals surface area contributed by atoms with Gasteiger partial charge in [-0.2, -0.15) is 4.31 Å². The van der Waals surface area contributed by atoms with Gasteiger partial charge in [0, 0.05) is 31.6 Å². The number of hydrogen-bond acceptors (Lipinski definition) is 3. The minimum atomic E-state index is -3.94. The third-order valence-corrected chi connectivity index (χ3v) is 7.10. The van der Waals surface area contributed by atoms with Crippen molar-refractivity contribution in [1.82, 2.24) is 9.62 Å². The van der Waals surface area contributed by atoms with Crippen molar-refractivity contribution < 1.29 is 26.4 Å². The molecule has 1 unspecified atom stereocenters. The molecule has 30 heavy (non-hydrogen) atoms. The fraction of sp³-hybridized carbons (Fsp3) is 0.381. The SMILES string of the molecule is O=C(CCC1CCCN(S(=O)(=O)c2ccccc2F)C1)NCc1cc(F)ccc1F. The number of hydrogen-bond donors (Lipinski definition) is 1. The molecule has 9 heteroatoms. The highest BCUT2D eigenvalue weighted by atomic mass is 32.2. The van der Waals surface area contributed by atoms with E-state index in [4.69, 9.17) is 0 Å². The van der Waals surface area contributed by atoms with Crippen molar-refractivity contribution >= 4 is 15.9 Å². The molecule has 1 aliphatic rings. The zero-order chi connectivity index (χ0) is 21.7. The maximum atomic E-state index is 14.0. The number of carbonyl (C=O) groups is 1. The first-order valence-electron chi connectivity index (χ1n) is 9.72. The molecule has 1 heterocycles. The van der Waals surface area contributed by atoms with Gasteiger partial charge in [0.15, 0.2) is 0 Å². The summed E-state index contributed by atoms with van der Waals surface area (Å²) in [5, 5.41) is 2.55. The van der Waals surface area contributed by atoms with Crippen LogP contribution in [0, 0.1) is 23.4 Å². The Bertz CT molecular complexity index is 1010. The Morgan fingerprint density at radius 2 is 1.87 bits per heavy atom. The fourth-order valence-electron chi connectivity index (χ4n) is 3.57. The highest BCUT2D eigenvalue weighted by Crippen LogP contribution is 2.27. The van der Waals surface area contributed by atoms with Crippen molar-refractivity contribution in [1.29, 1.82) is 0 Å². The van der Waals surface area contributed by atoms with E-state index >= 15 is 0 Å². The van der Waals surface area contributed by atoms with E-state index in [9.17, 15) is 26.4 Å². The van der Waals surface area contributed by atoms with Crippen molar-refractivity contribution in [2.24, 2.45) is 5.92 Å². The second-order valence-corrected chi connectivity index (χ2v) is 9.26. The van der Waals surface area contributed by atoms with Gasteiger partial charge in [-0.1, -0.05) is 12.1 Å². The molecule has 0 aromatic heterocycles. The van der Waals surface area contributed by atoms with Crippen molar-refractivity contribution in [2.75, 3.05) is 13.1 Å². The Balaban J connectivity index is 1.53. The summed E-state index contributed by atoms with van der Waals surface area (Å²) in [6.07, 6.45) is 1.96. The molecule has 1 fully saturated rings. The Kier molecular flexibility index (Phi) is 7.14. The van der Waals surface area contributed by atoms with Crippen LogP contribution in [0.4, 0.5) is 13.2 Å². The standard InChI is InChI=1S/C21H23F3N2O3S/c22-17-8-9-18(23)16(12-17)13-25-21(27)10-7-15-4-3-11-26(14-15)30(28,29)20-6-2-1-5-19(20)24/h1-2,5-6,8-9,12,15H,3-4,7,10-11,13-14H2,(H,25,27). The van der Waals surface area contributed by atoms with E-state index in [1.165, 1.54) is 22.5 Å². The Morgan fingerprint density at radius 1 is 1.10 bits per heavy atom. The van der Waals surface area contributed by atoms with E-state index in [1.54, 1.807) is 0 Å². The summed E-state index contributed by atoms with van der Waals surface area (Å²) in [5.41, 5.74) is 0.0585. The first-order valence-corrected chi connectivity index (χ1v) is 11.2. The number of carbonyl (C=O) groups excluding carboxylic acids is 1. The summed E-state index contributed by atoms with van der Waals surface area (Å²) >= 11 is 0. The molecule has 0 saturated carbocycles. The first kappa shape index (κ1) is 22.3. The average molecular weight is 440 g/mol. The largest absolute Gasteiger partial charge is 0.352 e. The van der Waals surface area contributed by atoms with Crippen molar-refractivity contribution in [3.8, 4) is 0 Å². The molecule has 1 atom stereocenters. The van der Waals surface area contributed by atoms with Crippen LogP contribution in [0.15, 0.2) is 47.4 Å². The van der Waals surface area contributed by atoms with E-state index in [2.05, 4.69) is 5.32 Å². The highest BCUT2D eigenvalue weighted by molar-refractivity contribution is 7.89. The lowest BCUT2D eigenvalue weighted by atomic mass is 9.94. The Morgan fingerprint density at radius 3 is 2.63 bits per heavy atom. The maximum absolute atomic E-state index is 14.0. The van der Waals surface area contributed by atoms with Crippen molar-refractivity contribution in [2.45, 2.75) is 37.1 Å². The topological polar surface area (TPSA) is 66.5 Å². The fourth-order valence-corrected chi connectivity index (χ4v) is 5.19. The van der Waals surface area contributed by atoms with Crippen LogP contribution >= 0.6 is 0 Å². The van der Waals surface area contributed by atoms with Crippen molar-refractivity contribution in [3.05, 3.63) is 65.5 Å². The van der Waals surface area contributed by atoms with Crippen molar-refractivity contribution in [3.63, 3.8) is 0 Å². The van der Waals surface area contributed by atoms with E-state index in [-0.39, 0.29) is 41.8 Å². The molecule has 1 saturated heterocycles. The molecule has 1 N–H and O–H groups in total. The van der Waals surface area contributed by atoms with Gasteiger partial charge in [0.1, 0.15) is 22.3 Å². The number of nitrogens with one attached hydrogen (secondary N) is 1. The van der Waals surface area contributed by atoms with Crippen LogP contribution < -0.4 is 5.32 Å². The lowest BCUT2D eigenvalue weighted by molar-refractivity contribution is -0.121. The number of benzene rings is 2. The van der Waals surface area contributed by atoms with Gasteiger partial charge in [-0.25, -0.2) is 21.6 Å². The van der Waals surface area contributed by atoms with Gasteiger partial charge in [0.05, 0.1) is 0 Å². The molecule has 3 rings (SSSR count). The van der Waals surface area contributed by atoms with Crippen LogP contribution in [0.5, 0.6) is 0 Å². The summed E-state index contributed by atoms with van der Waals surface area (Å²) in [4.78, 5) is 11.7. The van der Waals surface area contributed by atoms with Crippen LogP contribution in [0.25, 0.3) is 0 Å². The molecule has 0 spiro atoms. The zero-order valence-corrected chi connectivity index (χ0v) is 17.1. The third-order valence-electron chi connectivity index (χ3n) is 5.20. The zero-order valence-electron chi connectivity index (χ0n) is 16.3. The number of amides is 1. The van der Waals surface area contributed by atoms with Crippen LogP contribution in [-0.2, 0) is 21.4 Å². The molecule has 0 aliphatic carbocycles. The smallest absolute Gasteiger partial charge is 0.245 e. The highest BCUT2D eigenvalue weighted by Gasteiger charge is 2.32. The Labute approximate surface area is 173 Å². The number of sulfonamides is 1. The first-order chi connectivity index (χ1) is 14.3. The second-order valence-electron chi connectivity index (χ2n) is 7.35. The van der Waals surface area contributed by atoms with E-state index in [0.29, 0.717) is 19.4 Å². The predicted octanol–water partition coefficient (Wildman–Crippen LogP) is 3.60. The van der Waals surface area contributed by atoms with Crippen LogP contribution in [0.1, 0.15) is 31.2 Å². The number of halogens is 3. The summed E-state index contributed by atoms with van der Waals surface area (Å²) in [5.74, 6) is -2.34. The van der Waals surface area contributed by atoms with E-state index in [1.807, 2.05) is 0 Å². The summed E-state index contributed by atoms with van der Waals surface area (Å²) < 4.78 is 67.5. The van der Waals surface area contributed by atoms with Gasteiger partial charge in [-0.3, -0.25) is 4.79 Å². The molecule has 0 radical (unpaired) electrons. The number of nitrogens with zero attached hydrogens (tertiary/aromatic N) is 1. The van der Waals surface area contributed by atoms with E-state index in [0.717, 1.165) is 30.7 Å². The van der Waals surface area contributed by atoms with Gasteiger partial charge in [-0.15, -0.1) is 0 Å². The molecule has 0 bridgehead atoms. The molecule has 162 valence electrons. The minimum Gasteiger partial charge on any atom is -0.352 e. The molecule has 2 aromatic rings. The monoisotopic (exact) mass is 440 g/mol. The van der Waals surface area contributed by atoms with Gasteiger partial charge in [0.25, 0.3) is 0 Å². The normalized spacial score (nSPS) is 17.6. The van der Waals surface area contributed by atoms with Gasteiger partial charge in [-0.05, 0) is 55.5 Å². The molecule has 2 aromatic carbocycles. The maximum Gasteiger partial charge on any atom is 0.245 e. The van der Waals surface area contributed by atoms with Gasteiger partial charge < -0.3 is 5.32 Å². The predicted molar refractivity (Wildman–Crippen MR) is 105 cm³/mol. The summed E-state index contributed by atoms with van der Waals surface area (Å²) in [6.45, 7) is 0.390. The Hall–Kier alpha value is -2.39. The van der Waals surface area contributed by atoms with E-state index < -0.39 is 27.5 Å². The molecular weight excluding hydrogens is 417 g/mol.